The second-order valence-corrected chi connectivity index (χ2v) is 3.88. The molecule has 1 fully saturated rings. The number of anilines is 1. The number of nitrogens with one attached hydrogen (secondary N) is 1. The summed E-state index contributed by atoms with van der Waals surface area (Å²) in [6, 6.07) is 2.29. The van der Waals surface area contributed by atoms with Crippen LogP contribution in [0.5, 0.6) is 0 Å². The van der Waals surface area contributed by atoms with Crippen molar-refractivity contribution in [2.24, 2.45) is 0 Å². The molecule has 2 heterocycles. The fraction of sp³-hybridized carbons (Fsp3) is 0.545. The number of aromatic nitrogens is 1. The monoisotopic (exact) mass is 262 g/mol. The summed E-state index contributed by atoms with van der Waals surface area (Å²) in [6.07, 6.45) is -3.64. The number of alkyl halides is 3. The van der Waals surface area contributed by atoms with Crippen LogP contribution in [0.3, 0.4) is 0 Å². The molecule has 2 rings (SSSR count). The topological polar surface area (TPSA) is 43.4 Å². The Balaban J connectivity index is 1.86. The van der Waals surface area contributed by atoms with Crippen LogP contribution in [0.4, 0.5) is 19.0 Å². The van der Waals surface area contributed by atoms with E-state index in [4.69, 9.17) is 9.47 Å². The second kappa shape index (κ2) is 5.53. The summed E-state index contributed by atoms with van der Waals surface area (Å²) >= 11 is 0. The van der Waals surface area contributed by atoms with E-state index in [-0.39, 0.29) is 6.10 Å². The lowest BCUT2D eigenvalue weighted by atomic mass is 10.2. The van der Waals surface area contributed by atoms with Crippen LogP contribution < -0.4 is 5.32 Å². The molecule has 7 heteroatoms. The van der Waals surface area contributed by atoms with Gasteiger partial charge in [-0.25, -0.2) is 4.98 Å². The predicted octanol–water partition coefficient (Wildman–Crippen LogP) is 1.93. The van der Waals surface area contributed by atoms with Crippen LogP contribution in [0.25, 0.3) is 0 Å². The molecular formula is C11H13F3N2O2. The minimum Gasteiger partial charge on any atom is -0.376 e. The molecule has 4 nitrogen and oxygen atoms in total. The molecule has 0 bridgehead atoms. The highest BCUT2D eigenvalue weighted by molar-refractivity contribution is 5.36. The molecule has 0 aliphatic carbocycles. The summed E-state index contributed by atoms with van der Waals surface area (Å²) in [7, 11) is 0. The van der Waals surface area contributed by atoms with E-state index in [1.165, 1.54) is 6.07 Å². The molecule has 1 aromatic rings. The van der Waals surface area contributed by atoms with Gasteiger partial charge < -0.3 is 14.8 Å². The zero-order chi connectivity index (χ0) is 13.0. The number of nitrogens with zero attached hydrogens (tertiary/aromatic N) is 1. The van der Waals surface area contributed by atoms with Crippen LogP contribution in [0, 0.1) is 0 Å². The van der Waals surface area contributed by atoms with Crippen molar-refractivity contribution in [2.45, 2.75) is 12.3 Å². The molecule has 1 N–H and O–H groups in total. The summed E-state index contributed by atoms with van der Waals surface area (Å²) in [5, 5.41) is 2.91. The maximum atomic E-state index is 12.3. The minimum absolute atomic E-state index is 0.0946. The zero-order valence-corrected chi connectivity index (χ0v) is 9.54. The molecule has 0 aromatic carbocycles. The molecule has 1 atom stereocenters. The maximum Gasteiger partial charge on any atom is 0.417 e. The van der Waals surface area contributed by atoms with Gasteiger partial charge in [0, 0.05) is 12.7 Å². The van der Waals surface area contributed by atoms with Crippen LogP contribution in [0.1, 0.15) is 5.56 Å². The first kappa shape index (κ1) is 13.1. The van der Waals surface area contributed by atoms with Crippen molar-refractivity contribution in [3.8, 4) is 0 Å². The predicted molar refractivity (Wildman–Crippen MR) is 58.3 cm³/mol. The first-order chi connectivity index (χ1) is 8.55. The maximum absolute atomic E-state index is 12.3. The average molecular weight is 262 g/mol. The molecule has 1 aliphatic rings. The van der Waals surface area contributed by atoms with E-state index < -0.39 is 11.7 Å². The van der Waals surface area contributed by atoms with Crippen molar-refractivity contribution >= 4 is 5.82 Å². The van der Waals surface area contributed by atoms with Gasteiger partial charge in [-0.2, -0.15) is 13.2 Å². The molecule has 100 valence electrons. The molecule has 0 saturated carbocycles. The van der Waals surface area contributed by atoms with Crippen LogP contribution in [-0.4, -0.2) is 37.5 Å². The number of rotatable bonds is 3. The van der Waals surface area contributed by atoms with Gasteiger partial charge in [0.1, 0.15) is 5.82 Å². The lowest BCUT2D eigenvalue weighted by molar-refractivity contribution is -0.137. The van der Waals surface area contributed by atoms with E-state index >= 15 is 0 Å². The van der Waals surface area contributed by atoms with Crippen molar-refractivity contribution in [3.05, 3.63) is 23.9 Å². The third-order valence-electron chi connectivity index (χ3n) is 2.49. The minimum atomic E-state index is -4.36. The highest BCUT2D eigenvalue weighted by Gasteiger charge is 2.30. The Bertz CT molecular complexity index is 375. The number of hydrogen-bond donors (Lipinski definition) is 1. The van der Waals surface area contributed by atoms with Crippen LogP contribution in [0.15, 0.2) is 18.3 Å². The number of hydrogen-bond acceptors (Lipinski definition) is 4. The van der Waals surface area contributed by atoms with Gasteiger partial charge in [0.25, 0.3) is 0 Å². The van der Waals surface area contributed by atoms with Gasteiger partial charge in [0.05, 0.1) is 31.5 Å². The van der Waals surface area contributed by atoms with E-state index in [0.717, 1.165) is 12.3 Å². The second-order valence-electron chi connectivity index (χ2n) is 3.88. The molecule has 1 unspecified atom stereocenters. The molecular weight excluding hydrogens is 249 g/mol. The van der Waals surface area contributed by atoms with Gasteiger partial charge in [-0.15, -0.1) is 0 Å². The molecule has 0 amide bonds. The van der Waals surface area contributed by atoms with Crippen molar-refractivity contribution in [1.29, 1.82) is 0 Å². The Morgan fingerprint density at radius 2 is 2.17 bits per heavy atom. The lowest BCUT2D eigenvalue weighted by Crippen LogP contribution is -2.34. The normalized spacial score (nSPS) is 20.7. The Morgan fingerprint density at radius 1 is 1.33 bits per heavy atom. The standard InChI is InChI=1S/C11H13F3N2O2/c12-11(13,14)8-1-2-10(15-5-8)16-6-9-7-17-3-4-18-9/h1-2,5,9H,3-4,6-7H2,(H,15,16). The lowest BCUT2D eigenvalue weighted by Gasteiger charge is -2.23. The third kappa shape index (κ3) is 3.58. The van der Waals surface area contributed by atoms with Crippen molar-refractivity contribution < 1.29 is 22.6 Å². The van der Waals surface area contributed by atoms with E-state index in [2.05, 4.69) is 10.3 Å². The fourth-order valence-electron chi connectivity index (χ4n) is 1.54. The molecule has 0 radical (unpaired) electrons. The largest absolute Gasteiger partial charge is 0.417 e. The summed E-state index contributed by atoms with van der Waals surface area (Å²) in [4.78, 5) is 3.70. The summed E-state index contributed by atoms with van der Waals surface area (Å²) in [6.45, 7) is 2.05. The zero-order valence-electron chi connectivity index (χ0n) is 9.54. The quantitative estimate of drug-likeness (QED) is 0.904. The highest BCUT2D eigenvalue weighted by atomic mass is 19.4. The van der Waals surface area contributed by atoms with Gasteiger partial charge >= 0.3 is 6.18 Å². The van der Waals surface area contributed by atoms with Crippen LogP contribution >= 0.6 is 0 Å². The Hall–Kier alpha value is -1.34. The molecule has 0 spiro atoms. The summed E-state index contributed by atoms with van der Waals surface area (Å²) in [5.74, 6) is 0.386. The first-order valence-corrected chi connectivity index (χ1v) is 5.52. The van der Waals surface area contributed by atoms with E-state index in [9.17, 15) is 13.2 Å². The molecule has 1 aliphatic heterocycles. The van der Waals surface area contributed by atoms with Crippen LogP contribution in [0.2, 0.25) is 0 Å². The van der Waals surface area contributed by atoms with Gasteiger partial charge in [-0.3, -0.25) is 0 Å². The first-order valence-electron chi connectivity index (χ1n) is 5.52. The number of pyridine rings is 1. The average Bonchev–Trinajstić information content (AvgIpc) is 2.37. The third-order valence-corrected chi connectivity index (χ3v) is 2.49. The molecule has 18 heavy (non-hydrogen) atoms. The van der Waals surface area contributed by atoms with Gasteiger partial charge in [0.2, 0.25) is 0 Å². The van der Waals surface area contributed by atoms with Crippen molar-refractivity contribution in [1.82, 2.24) is 4.98 Å². The van der Waals surface area contributed by atoms with E-state index in [1.807, 2.05) is 0 Å². The Morgan fingerprint density at radius 3 is 2.72 bits per heavy atom. The SMILES string of the molecule is FC(F)(F)c1ccc(NCC2COCCO2)nc1. The number of halogens is 3. The Labute approximate surface area is 102 Å². The van der Waals surface area contributed by atoms with Gasteiger partial charge in [-0.1, -0.05) is 0 Å². The van der Waals surface area contributed by atoms with Gasteiger partial charge in [-0.05, 0) is 12.1 Å². The van der Waals surface area contributed by atoms with E-state index in [0.29, 0.717) is 32.2 Å². The number of ether oxygens (including phenoxy) is 2. The highest BCUT2D eigenvalue weighted by Crippen LogP contribution is 2.28. The van der Waals surface area contributed by atoms with Crippen molar-refractivity contribution in [3.63, 3.8) is 0 Å². The van der Waals surface area contributed by atoms with E-state index in [1.54, 1.807) is 0 Å². The fourth-order valence-corrected chi connectivity index (χ4v) is 1.54. The molecule has 1 saturated heterocycles. The molecule has 1 aromatic heterocycles. The summed E-state index contributed by atoms with van der Waals surface area (Å²) < 4.78 is 47.5. The van der Waals surface area contributed by atoms with Crippen molar-refractivity contribution in [2.75, 3.05) is 31.7 Å². The van der Waals surface area contributed by atoms with Crippen LogP contribution in [-0.2, 0) is 15.7 Å². The van der Waals surface area contributed by atoms with Gasteiger partial charge in [0.15, 0.2) is 0 Å². The smallest absolute Gasteiger partial charge is 0.376 e. The Kier molecular flexibility index (Phi) is 4.03. The summed E-state index contributed by atoms with van der Waals surface area (Å²) in [5.41, 5.74) is -0.759.